The Kier molecular flexibility index (Phi) is 9.23. The van der Waals surface area contributed by atoms with Crippen LogP contribution in [0, 0.1) is 6.92 Å². The Morgan fingerprint density at radius 1 is 0.895 bits per heavy atom. The predicted octanol–water partition coefficient (Wildman–Crippen LogP) is 6.07. The molecule has 0 saturated carbocycles. The highest BCUT2D eigenvalue weighted by Gasteiger charge is 2.27. The van der Waals surface area contributed by atoms with E-state index in [1.54, 1.807) is 19.1 Å². The van der Waals surface area contributed by atoms with Crippen LogP contribution in [-0.2, 0) is 21.2 Å². The lowest BCUT2D eigenvalue weighted by Gasteiger charge is -2.20. The predicted molar refractivity (Wildman–Crippen MR) is 152 cm³/mol. The van der Waals surface area contributed by atoms with E-state index in [0.717, 1.165) is 15.4 Å². The minimum atomic E-state index is -4.00. The molecule has 0 aliphatic heterocycles. The van der Waals surface area contributed by atoms with Crippen LogP contribution in [0.25, 0.3) is 0 Å². The van der Waals surface area contributed by atoms with Gasteiger partial charge < -0.3 is 10.1 Å². The lowest BCUT2D eigenvalue weighted by atomic mass is 10.1. The van der Waals surface area contributed by atoms with E-state index in [1.807, 2.05) is 91.9 Å². The Morgan fingerprint density at radius 2 is 1.55 bits per heavy atom. The third kappa shape index (κ3) is 7.25. The van der Waals surface area contributed by atoms with Crippen molar-refractivity contribution in [3.05, 3.63) is 114 Å². The van der Waals surface area contributed by atoms with Gasteiger partial charge >= 0.3 is 0 Å². The monoisotopic (exact) mass is 546 g/mol. The van der Waals surface area contributed by atoms with Gasteiger partial charge in [0.2, 0.25) is 15.9 Å². The van der Waals surface area contributed by atoms with Gasteiger partial charge in [0.05, 0.1) is 17.2 Å². The molecule has 1 atom stereocenters. The summed E-state index contributed by atoms with van der Waals surface area (Å²) in [5.74, 6) is 0.179. The Hall–Kier alpha value is -3.59. The summed E-state index contributed by atoms with van der Waals surface area (Å²) in [5, 5.41) is 2.96. The second-order valence-electron chi connectivity index (χ2n) is 8.62. The van der Waals surface area contributed by atoms with Gasteiger partial charge in [-0.25, -0.2) is 8.42 Å². The minimum absolute atomic E-state index is 0.0735. The lowest BCUT2D eigenvalue weighted by Crippen LogP contribution is -2.45. The third-order valence-electron chi connectivity index (χ3n) is 5.77. The number of carbonyl (C=O) groups excluding carboxylic acids is 1. The van der Waals surface area contributed by atoms with Gasteiger partial charge in [0.1, 0.15) is 11.8 Å². The van der Waals surface area contributed by atoms with Gasteiger partial charge in [0, 0.05) is 9.79 Å². The normalized spacial score (nSPS) is 12.1. The van der Waals surface area contributed by atoms with E-state index in [9.17, 15) is 13.2 Å². The number of nitrogens with one attached hydrogen (secondary N) is 2. The van der Waals surface area contributed by atoms with Crippen LogP contribution in [0.5, 0.6) is 5.75 Å². The molecule has 4 aromatic rings. The summed E-state index contributed by atoms with van der Waals surface area (Å²) in [6, 6.07) is 30.3. The number of sulfonamides is 1. The van der Waals surface area contributed by atoms with Gasteiger partial charge in [-0.1, -0.05) is 72.4 Å². The van der Waals surface area contributed by atoms with Gasteiger partial charge in [-0.2, -0.15) is 4.72 Å². The number of aryl methyl sites for hydroxylation is 1. The fraction of sp³-hybridized carbons (Fsp3) is 0.167. The number of hydrogen-bond acceptors (Lipinski definition) is 5. The number of anilines is 1. The minimum Gasteiger partial charge on any atom is -0.494 e. The van der Waals surface area contributed by atoms with Crippen molar-refractivity contribution in [2.24, 2.45) is 0 Å². The zero-order valence-electron chi connectivity index (χ0n) is 21.3. The first-order valence-electron chi connectivity index (χ1n) is 12.3. The topological polar surface area (TPSA) is 84.5 Å². The quantitative estimate of drug-likeness (QED) is 0.238. The molecule has 196 valence electrons. The van der Waals surface area contributed by atoms with Crippen molar-refractivity contribution in [2.75, 3.05) is 11.9 Å². The summed E-state index contributed by atoms with van der Waals surface area (Å²) in [5.41, 5.74) is 2.15. The standard InChI is InChI=1S/C30H30N2O4S2/c1-3-36-28-19-18-25(20-22(28)2)38(34,35)32-27(21-23-12-6-4-7-13-23)30(33)31-26-16-10-11-17-29(26)37-24-14-8-5-9-15-24/h4-20,27,32H,3,21H2,1-2H3,(H,31,33)/t27-/m1/s1. The number of ether oxygens (including phenoxy) is 1. The summed E-state index contributed by atoms with van der Waals surface area (Å²) in [6.45, 7) is 4.14. The molecule has 0 fully saturated rings. The Labute approximate surface area is 228 Å². The first-order valence-corrected chi connectivity index (χ1v) is 14.6. The maximum absolute atomic E-state index is 13.6. The van der Waals surface area contributed by atoms with E-state index in [4.69, 9.17) is 4.74 Å². The molecular weight excluding hydrogens is 516 g/mol. The van der Waals surface area contributed by atoms with Crippen LogP contribution < -0.4 is 14.8 Å². The van der Waals surface area contributed by atoms with E-state index in [-0.39, 0.29) is 11.3 Å². The van der Waals surface area contributed by atoms with Crippen LogP contribution in [0.1, 0.15) is 18.1 Å². The van der Waals surface area contributed by atoms with Crippen molar-refractivity contribution in [2.45, 2.75) is 41.0 Å². The van der Waals surface area contributed by atoms with Crippen LogP contribution in [-0.4, -0.2) is 27.0 Å². The molecule has 8 heteroatoms. The number of hydrogen-bond donors (Lipinski definition) is 2. The smallest absolute Gasteiger partial charge is 0.242 e. The number of benzene rings is 4. The van der Waals surface area contributed by atoms with E-state index >= 15 is 0 Å². The number of para-hydroxylation sites is 1. The average Bonchev–Trinajstić information content (AvgIpc) is 2.91. The van der Waals surface area contributed by atoms with E-state index in [0.29, 0.717) is 23.6 Å². The second-order valence-corrected chi connectivity index (χ2v) is 11.5. The SMILES string of the molecule is CCOc1ccc(S(=O)(=O)N[C@H](Cc2ccccc2)C(=O)Nc2ccccc2Sc2ccccc2)cc1C. The maximum atomic E-state index is 13.6. The summed E-state index contributed by atoms with van der Waals surface area (Å²) in [7, 11) is -4.00. The van der Waals surface area contributed by atoms with Crippen molar-refractivity contribution < 1.29 is 17.9 Å². The van der Waals surface area contributed by atoms with E-state index in [2.05, 4.69) is 10.0 Å². The summed E-state index contributed by atoms with van der Waals surface area (Å²) < 4.78 is 34.9. The molecular formula is C30H30N2O4S2. The van der Waals surface area contributed by atoms with E-state index < -0.39 is 22.0 Å². The molecule has 4 aromatic carbocycles. The van der Waals surface area contributed by atoms with Gasteiger partial charge in [-0.15, -0.1) is 0 Å². The van der Waals surface area contributed by atoms with Crippen LogP contribution in [0.2, 0.25) is 0 Å². The molecule has 0 saturated heterocycles. The molecule has 38 heavy (non-hydrogen) atoms. The van der Waals surface area contributed by atoms with Crippen molar-refractivity contribution >= 4 is 33.4 Å². The molecule has 0 bridgehead atoms. The number of carbonyl (C=O) groups is 1. The third-order valence-corrected chi connectivity index (χ3v) is 8.32. The van der Waals surface area contributed by atoms with Gasteiger partial charge in [-0.05, 0) is 73.9 Å². The maximum Gasteiger partial charge on any atom is 0.242 e. The highest BCUT2D eigenvalue weighted by Crippen LogP contribution is 2.33. The van der Waals surface area contributed by atoms with Crippen molar-refractivity contribution in [3.63, 3.8) is 0 Å². The zero-order valence-corrected chi connectivity index (χ0v) is 22.9. The van der Waals surface area contributed by atoms with Crippen molar-refractivity contribution in [3.8, 4) is 5.75 Å². The lowest BCUT2D eigenvalue weighted by molar-refractivity contribution is -0.117. The molecule has 0 spiro atoms. The summed E-state index contributed by atoms with van der Waals surface area (Å²) >= 11 is 1.52. The summed E-state index contributed by atoms with van der Waals surface area (Å²) in [4.78, 5) is 15.5. The van der Waals surface area contributed by atoms with Crippen LogP contribution >= 0.6 is 11.8 Å². The van der Waals surface area contributed by atoms with Gasteiger partial charge in [0.25, 0.3) is 0 Å². The second kappa shape index (κ2) is 12.8. The van der Waals surface area contributed by atoms with Crippen molar-refractivity contribution in [1.29, 1.82) is 0 Å². The first-order chi connectivity index (χ1) is 18.4. The zero-order chi connectivity index (χ0) is 27.0. The highest BCUT2D eigenvalue weighted by molar-refractivity contribution is 7.99. The number of rotatable bonds is 11. The Bertz CT molecular complexity index is 1480. The molecule has 0 radical (unpaired) electrons. The fourth-order valence-electron chi connectivity index (χ4n) is 3.89. The van der Waals surface area contributed by atoms with Crippen LogP contribution in [0.4, 0.5) is 5.69 Å². The first kappa shape index (κ1) is 27.4. The van der Waals surface area contributed by atoms with Crippen molar-refractivity contribution in [1.82, 2.24) is 4.72 Å². The van der Waals surface area contributed by atoms with E-state index in [1.165, 1.54) is 17.8 Å². The van der Waals surface area contributed by atoms with Crippen LogP contribution in [0.15, 0.2) is 118 Å². The largest absolute Gasteiger partial charge is 0.494 e. The molecule has 0 aliphatic rings. The van der Waals surface area contributed by atoms with Gasteiger partial charge in [0.15, 0.2) is 0 Å². The number of amides is 1. The van der Waals surface area contributed by atoms with Crippen LogP contribution in [0.3, 0.4) is 0 Å². The van der Waals surface area contributed by atoms with Gasteiger partial charge in [-0.3, -0.25) is 4.79 Å². The average molecular weight is 547 g/mol. The molecule has 6 nitrogen and oxygen atoms in total. The molecule has 0 heterocycles. The molecule has 0 aromatic heterocycles. The molecule has 0 aliphatic carbocycles. The molecule has 0 unspecified atom stereocenters. The molecule has 2 N–H and O–H groups in total. The Morgan fingerprint density at radius 3 is 2.24 bits per heavy atom. The molecule has 4 rings (SSSR count). The summed E-state index contributed by atoms with van der Waals surface area (Å²) in [6.07, 6.45) is 0.190. The highest BCUT2D eigenvalue weighted by atomic mass is 32.2. The Balaban J connectivity index is 1.60. The fourth-order valence-corrected chi connectivity index (χ4v) is 6.10. The molecule has 1 amide bonds.